The Hall–Kier alpha value is -1.05. The number of hydrogen-bond donors (Lipinski definition) is 0. The van der Waals surface area contributed by atoms with E-state index in [1.165, 1.54) is 30.9 Å². The lowest BCUT2D eigenvalue weighted by atomic mass is 9.80. The van der Waals surface area contributed by atoms with Crippen LogP contribution >= 0.6 is 0 Å². The Morgan fingerprint density at radius 3 is 2.72 bits per heavy atom. The van der Waals surface area contributed by atoms with E-state index in [0.717, 1.165) is 12.8 Å². The minimum absolute atomic E-state index is 0.00426. The lowest BCUT2D eigenvalue weighted by Gasteiger charge is -2.32. The zero-order valence-corrected chi connectivity index (χ0v) is 12.0. The molecule has 2 atom stereocenters. The first kappa shape index (κ1) is 13.4. The van der Waals surface area contributed by atoms with Crippen molar-refractivity contribution in [3.05, 3.63) is 23.3 Å². The van der Waals surface area contributed by atoms with E-state index in [2.05, 4.69) is 27.4 Å². The average molecular weight is 248 g/mol. The van der Waals surface area contributed by atoms with Gasteiger partial charge in [0.25, 0.3) is 0 Å². The lowest BCUT2D eigenvalue weighted by molar-refractivity contribution is -0.152. The van der Waals surface area contributed by atoms with Crippen molar-refractivity contribution in [1.29, 1.82) is 0 Å². The molecule has 2 nitrogen and oxygen atoms in total. The van der Waals surface area contributed by atoms with Gasteiger partial charge < -0.3 is 4.74 Å². The molecular weight excluding hydrogens is 224 g/mol. The minimum Gasteiger partial charge on any atom is -0.462 e. The summed E-state index contributed by atoms with van der Waals surface area (Å²) in [6, 6.07) is 0. The van der Waals surface area contributed by atoms with Crippen molar-refractivity contribution in [2.45, 2.75) is 59.5 Å². The van der Waals surface area contributed by atoms with Crippen molar-refractivity contribution < 1.29 is 9.53 Å². The third kappa shape index (κ3) is 2.38. The largest absolute Gasteiger partial charge is 0.462 e. The minimum atomic E-state index is -0.182. The molecule has 0 aromatic rings. The third-order valence-corrected chi connectivity index (χ3v) is 4.54. The van der Waals surface area contributed by atoms with Gasteiger partial charge in [-0.2, -0.15) is 0 Å². The summed E-state index contributed by atoms with van der Waals surface area (Å²) in [5.74, 6) is 0.350. The maximum Gasteiger partial charge on any atom is 0.302 e. The second kappa shape index (κ2) is 4.56. The van der Waals surface area contributed by atoms with Crippen LogP contribution in [-0.2, 0) is 9.53 Å². The van der Waals surface area contributed by atoms with Crippen LogP contribution in [0.25, 0.3) is 0 Å². The molecule has 0 bridgehead atoms. The highest BCUT2D eigenvalue weighted by Crippen LogP contribution is 2.49. The predicted octanol–water partition coefficient (Wildman–Crippen LogP) is 4.02. The maximum atomic E-state index is 11.3. The topological polar surface area (TPSA) is 26.3 Å². The van der Waals surface area contributed by atoms with Gasteiger partial charge in [-0.15, -0.1) is 0 Å². The van der Waals surface area contributed by atoms with E-state index in [1.54, 1.807) is 5.57 Å². The number of esters is 1. The first-order valence-corrected chi connectivity index (χ1v) is 6.84. The van der Waals surface area contributed by atoms with Crippen molar-refractivity contribution in [3.63, 3.8) is 0 Å². The molecule has 0 aromatic carbocycles. The van der Waals surface area contributed by atoms with E-state index in [0.29, 0.717) is 5.92 Å². The molecule has 0 amide bonds. The Kier molecular flexibility index (Phi) is 3.39. The number of ether oxygens (including phenoxy) is 1. The van der Waals surface area contributed by atoms with Crippen LogP contribution in [0.4, 0.5) is 0 Å². The predicted molar refractivity (Wildman–Crippen MR) is 73.1 cm³/mol. The molecule has 0 saturated heterocycles. The monoisotopic (exact) mass is 248 g/mol. The SMILES string of the molecule is C=C1C[C@@H](OC(C)=O)C(C)(C)CC2=C(C)CC[C@H]12. The van der Waals surface area contributed by atoms with Crippen LogP contribution in [0.3, 0.4) is 0 Å². The Balaban J connectivity index is 2.31. The standard InChI is InChI=1S/C16H24O2/c1-10-6-7-13-11(2)8-15(18-12(3)17)16(4,5)9-14(10)13/h13,15H,2,6-9H2,1,3-5H3/t13-,15-/m1/s1. The fourth-order valence-corrected chi connectivity index (χ4v) is 3.38. The van der Waals surface area contributed by atoms with Crippen LogP contribution in [0, 0.1) is 11.3 Å². The molecule has 0 aromatic heterocycles. The second-order valence-corrected chi connectivity index (χ2v) is 6.52. The molecule has 0 aliphatic heterocycles. The summed E-state index contributed by atoms with van der Waals surface area (Å²) in [7, 11) is 0. The molecule has 0 heterocycles. The average Bonchev–Trinajstić information content (AvgIpc) is 2.54. The smallest absolute Gasteiger partial charge is 0.302 e. The van der Waals surface area contributed by atoms with Crippen LogP contribution in [-0.4, -0.2) is 12.1 Å². The Morgan fingerprint density at radius 1 is 1.44 bits per heavy atom. The summed E-state index contributed by atoms with van der Waals surface area (Å²) in [6.45, 7) is 12.4. The first-order valence-electron chi connectivity index (χ1n) is 6.84. The zero-order chi connectivity index (χ0) is 13.5. The highest BCUT2D eigenvalue weighted by molar-refractivity contribution is 5.66. The van der Waals surface area contributed by atoms with Gasteiger partial charge in [-0.1, -0.05) is 37.1 Å². The third-order valence-electron chi connectivity index (χ3n) is 4.54. The van der Waals surface area contributed by atoms with Gasteiger partial charge in [0.1, 0.15) is 6.10 Å². The number of rotatable bonds is 1. The zero-order valence-electron chi connectivity index (χ0n) is 12.0. The van der Waals surface area contributed by atoms with Gasteiger partial charge in [0, 0.05) is 24.7 Å². The van der Waals surface area contributed by atoms with Crippen molar-refractivity contribution in [3.8, 4) is 0 Å². The van der Waals surface area contributed by atoms with Gasteiger partial charge in [0.05, 0.1) is 0 Å². The van der Waals surface area contributed by atoms with Crippen LogP contribution in [0.15, 0.2) is 23.3 Å². The van der Waals surface area contributed by atoms with Crippen LogP contribution in [0.2, 0.25) is 0 Å². The summed E-state index contributed by atoms with van der Waals surface area (Å²) in [4.78, 5) is 11.3. The summed E-state index contributed by atoms with van der Waals surface area (Å²) in [5, 5.41) is 0. The van der Waals surface area contributed by atoms with Crippen molar-refractivity contribution >= 4 is 5.97 Å². The second-order valence-electron chi connectivity index (χ2n) is 6.52. The molecule has 2 aliphatic rings. The van der Waals surface area contributed by atoms with E-state index in [1.807, 2.05) is 0 Å². The number of hydrogen-bond acceptors (Lipinski definition) is 2. The van der Waals surface area contributed by atoms with E-state index < -0.39 is 0 Å². The molecule has 100 valence electrons. The van der Waals surface area contributed by atoms with Crippen LogP contribution in [0.5, 0.6) is 0 Å². The molecule has 0 unspecified atom stereocenters. The molecule has 0 spiro atoms. The summed E-state index contributed by atoms with van der Waals surface area (Å²) in [6.07, 6.45) is 4.21. The lowest BCUT2D eigenvalue weighted by Crippen LogP contribution is -2.32. The molecule has 2 heteroatoms. The molecule has 2 aliphatic carbocycles. The van der Waals surface area contributed by atoms with E-state index >= 15 is 0 Å². The molecular formula is C16H24O2. The number of allylic oxidation sites excluding steroid dienone is 2. The van der Waals surface area contributed by atoms with E-state index in [-0.39, 0.29) is 17.5 Å². The Bertz CT molecular complexity index is 415. The maximum absolute atomic E-state index is 11.3. The highest BCUT2D eigenvalue weighted by atomic mass is 16.5. The Labute approximate surface area is 110 Å². The van der Waals surface area contributed by atoms with Gasteiger partial charge in [-0.3, -0.25) is 4.79 Å². The van der Waals surface area contributed by atoms with Gasteiger partial charge in [-0.25, -0.2) is 0 Å². The normalized spacial score (nSPS) is 31.0. The molecule has 1 fully saturated rings. The van der Waals surface area contributed by atoms with Crippen LogP contribution < -0.4 is 0 Å². The van der Waals surface area contributed by atoms with Crippen molar-refractivity contribution in [2.75, 3.05) is 0 Å². The summed E-state index contributed by atoms with van der Waals surface area (Å²) in [5.41, 5.74) is 4.33. The van der Waals surface area contributed by atoms with E-state index in [4.69, 9.17) is 4.74 Å². The number of fused-ring (bicyclic) bond motifs is 1. The summed E-state index contributed by atoms with van der Waals surface area (Å²) < 4.78 is 5.53. The fraction of sp³-hybridized carbons (Fsp3) is 0.688. The molecule has 0 N–H and O–H groups in total. The van der Waals surface area contributed by atoms with Crippen molar-refractivity contribution in [1.82, 2.24) is 0 Å². The van der Waals surface area contributed by atoms with Gasteiger partial charge in [0.15, 0.2) is 0 Å². The van der Waals surface area contributed by atoms with E-state index in [9.17, 15) is 4.79 Å². The quantitative estimate of drug-likeness (QED) is 0.517. The molecule has 2 rings (SSSR count). The molecule has 0 radical (unpaired) electrons. The van der Waals surface area contributed by atoms with Crippen molar-refractivity contribution in [2.24, 2.45) is 11.3 Å². The molecule has 1 saturated carbocycles. The van der Waals surface area contributed by atoms with Gasteiger partial charge in [-0.05, 0) is 26.2 Å². The molecule has 18 heavy (non-hydrogen) atoms. The fourth-order valence-electron chi connectivity index (χ4n) is 3.38. The first-order chi connectivity index (χ1) is 8.31. The summed E-state index contributed by atoms with van der Waals surface area (Å²) >= 11 is 0. The van der Waals surface area contributed by atoms with Crippen LogP contribution in [0.1, 0.15) is 53.4 Å². The van der Waals surface area contributed by atoms with Gasteiger partial charge >= 0.3 is 5.97 Å². The number of carbonyl (C=O) groups is 1. The highest BCUT2D eigenvalue weighted by Gasteiger charge is 2.41. The Morgan fingerprint density at radius 2 is 2.11 bits per heavy atom. The number of carbonyl (C=O) groups excluding carboxylic acids is 1. The van der Waals surface area contributed by atoms with Gasteiger partial charge in [0.2, 0.25) is 0 Å².